The lowest BCUT2D eigenvalue weighted by atomic mass is 9.77. The van der Waals surface area contributed by atoms with Gasteiger partial charge in [0, 0.05) is 26.6 Å². The summed E-state index contributed by atoms with van der Waals surface area (Å²) in [7, 11) is 1.63. The zero-order valence-electron chi connectivity index (χ0n) is 17.2. The number of rotatable bonds is 13. The number of unbranched alkanes of at least 4 members (excludes halogenated alkanes) is 2. The predicted molar refractivity (Wildman–Crippen MR) is 102 cm³/mol. The van der Waals surface area contributed by atoms with Gasteiger partial charge in [-0.05, 0) is 40.5 Å². The Hall–Kier alpha value is -1.34. The van der Waals surface area contributed by atoms with Crippen molar-refractivity contribution >= 4 is 11.9 Å². The highest BCUT2D eigenvalue weighted by Gasteiger charge is 2.53. The van der Waals surface area contributed by atoms with E-state index in [4.69, 9.17) is 9.47 Å². The number of nitrogens with zero attached hydrogens (tertiary/aromatic N) is 1. The van der Waals surface area contributed by atoms with Gasteiger partial charge in [0.1, 0.15) is 0 Å². The second-order valence-corrected chi connectivity index (χ2v) is 7.59. The number of hydrogen-bond donors (Lipinski definition) is 2. The van der Waals surface area contributed by atoms with E-state index in [0.29, 0.717) is 39.3 Å². The summed E-state index contributed by atoms with van der Waals surface area (Å²) in [5.41, 5.74) is -0.444. The van der Waals surface area contributed by atoms with Crippen LogP contribution in [0.15, 0.2) is 0 Å². The van der Waals surface area contributed by atoms with E-state index in [0.717, 1.165) is 25.7 Å². The van der Waals surface area contributed by atoms with E-state index >= 15 is 0 Å². The molecule has 0 aromatic heterocycles. The first-order valence-corrected chi connectivity index (χ1v) is 9.71. The van der Waals surface area contributed by atoms with E-state index in [9.17, 15) is 9.59 Å². The third kappa shape index (κ3) is 6.13. The minimum Gasteiger partial charge on any atom is -0.382 e. The summed E-state index contributed by atoms with van der Waals surface area (Å²) in [6.45, 7) is 11.2. The van der Waals surface area contributed by atoms with Gasteiger partial charge in [0.05, 0.1) is 30.9 Å². The van der Waals surface area contributed by atoms with Gasteiger partial charge in [0.2, 0.25) is 5.91 Å². The Bertz CT molecular complexity index is 456. The minimum atomic E-state index is -0.250. The van der Waals surface area contributed by atoms with Crippen molar-refractivity contribution in [3.63, 3.8) is 0 Å². The molecule has 7 nitrogen and oxygen atoms in total. The Balaban J connectivity index is 2.19. The van der Waals surface area contributed by atoms with Crippen LogP contribution in [-0.2, 0) is 14.3 Å². The first kappa shape index (κ1) is 22.7. The van der Waals surface area contributed by atoms with Crippen LogP contribution >= 0.6 is 0 Å². The summed E-state index contributed by atoms with van der Waals surface area (Å²) < 4.78 is 10.2. The van der Waals surface area contributed by atoms with Crippen molar-refractivity contribution < 1.29 is 19.1 Å². The summed E-state index contributed by atoms with van der Waals surface area (Å²) >= 11 is 0. The summed E-state index contributed by atoms with van der Waals surface area (Å²) in [5.74, 6) is 0.0692. The van der Waals surface area contributed by atoms with Gasteiger partial charge < -0.3 is 25.0 Å². The van der Waals surface area contributed by atoms with Crippen molar-refractivity contribution in [3.8, 4) is 0 Å². The van der Waals surface area contributed by atoms with E-state index in [-0.39, 0.29) is 23.0 Å². The largest absolute Gasteiger partial charge is 0.382 e. The van der Waals surface area contributed by atoms with Crippen LogP contribution in [0, 0.1) is 0 Å². The van der Waals surface area contributed by atoms with E-state index < -0.39 is 0 Å². The lowest BCUT2D eigenvalue weighted by Crippen LogP contribution is -2.55. The van der Waals surface area contributed by atoms with Gasteiger partial charge in [-0.2, -0.15) is 0 Å². The molecule has 0 radical (unpaired) electrons. The molecule has 0 spiro atoms. The highest BCUT2D eigenvalue weighted by atomic mass is 16.5. The molecular formula is C19H37N3O4. The molecule has 3 amide bonds. The molecule has 1 rings (SSSR count). The molecule has 0 aromatic carbocycles. The number of amides is 3. The number of urea groups is 1. The molecule has 2 N–H and O–H groups in total. The number of nitrogens with one attached hydrogen (secondary N) is 2. The van der Waals surface area contributed by atoms with Crippen molar-refractivity contribution in [2.75, 3.05) is 40.0 Å². The summed E-state index contributed by atoms with van der Waals surface area (Å²) in [4.78, 5) is 25.9. The molecule has 0 saturated carbocycles. The van der Waals surface area contributed by atoms with Crippen molar-refractivity contribution in [2.24, 2.45) is 0 Å². The molecular weight excluding hydrogens is 334 g/mol. The first-order chi connectivity index (χ1) is 12.3. The number of hydrogen-bond acceptors (Lipinski definition) is 4. The fourth-order valence-electron chi connectivity index (χ4n) is 3.50. The SMILES string of the molecule is CCN1C(=O)NC(C)(C)C1(C)CCCCCC(=O)NCCOCCOC. The number of carbonyl (C=O) groups excluding carboxylic acids is 2. The Labute approximate surface area is 158 Å². The standard InChI is InChI=1S/C19H37N3O4/c1-6-22-17(24)21-18(2,3)19(22,4)11-9-7-8-10-16(23)20-12-13-26-15-14-25-5/h6-15H2,1-5H3,(H,20,23)(H,21,24). The lowest BCUT2D eigenvalue weighted by molar-refractivity contribution is -0.121. The normalized spacial score (nSPS) is 21.7. The third-order valence-electron chi connectivity index (χ3n) is 5.49. The number of methoxy groups -OCH3 is 1. The molecule has 1 aliphatic rings. The maximum Gasteiger partial charge on any atom is 0.318 e. The van der Waals surface area contributed by atoms with Gasteiger partial charge >= 0.3 is 6.03 Å². The maximum absolute atomic E-state index is 12.1. The first-order valence-electron chi connectivity index (χ1n) is 9.71. The molecule has 152 valence electrons. The number of likely N-dealkylation sites (N-methyl/N-ethyl adjacent to an activating group) is 1. The summed E-state index contributed by atoms with van der Waals surface area (Å²) in [6, 6.07) is 0.0205. The Morgan fingerprint density at radius 3 is 2.54 bits per heavy atom. The molecule has 1 aliphatic heterocycles. The van der Waals surface area contributed by atoms with Crippen LogP contribution in [0.2, 0.25) is 0 Å². The molecule has 7 heteroatoms. The molecule has 1 heterocycles. The Kier molecular flexibility index (Phi) is 9.36. The van der Waals surface area contributed by atoms with Crippen LogP contribution in [0.3, 0.4) is 0 Å². The second-order valence-electron chi connectivity index (χ2n) is 7.59. The smallest absolute Gasteiger partial charge is 0.318 e. The molecule has 0 aliphatic carbocycles. The zero-order valence-corrected chi connectivity index (χ0v) is 17.2. The molecule has 0 bridgehead atoms. The average molecular weight is 372 g/mol. The number of ether oxygens (including phenoxy) is 2. The van der Waals surface area contributed by atoms with E-state index in [1.807, 2.05) is 11.8 Å². The average Bonchev–Trinajstić information content (AvgIpc) is 2.74. The van der Waals surface area contributed by atoms with Crippen molar-refractivity contribution in [1.29, 1.82) is 0 Å². The molecule has 1 unspecified atom stereocenters. The van der Waals surface area contributed by atoms with Crippen LogP contribution in [0.1, 0.15) is 59.8 Å². The predicted octanol–water partition coefficient (Wildman–Crippen LogP) is 2.30. The van der Waals surface area contributed by atoms with Crippen LogP contribution in [0.25, 0.3) is 0 Å². The molecule has 1 saturated heterocycles. The number of carbonyl (C=O) groups is 2. The highest BCUT2D eigenvalue weighted by molar-refractivity contribution is 5.79. The fraction of sp³-hybridized carbons (Fsp3) is 0.895. The van der Waals surface area contributed by atoms with Crippen LogP contribution < -0.4 is 10.6 Å². The third-order valence-corrected chi connectivity index (χ3v) is 5.49. The van der Waals surface area contributed by atoms with Gasteiger partial charge in [-0.3, -0.25) is 4.79 Å². The monoisotopic (exact) mass is 371 g/mol. The van der Waals surface area contributed by atoms with Gasteiger partial charge in [0.15, 0.2) is 0 Å². The van der Waals surface area contributed by atoms with E-state index in [1.54, 1.807) is 7.11 Å². The van der Waals surface area contributed by atoms with Gasteiger partial charge in [-0.1, -0.05) is 12.8 Å². The topological polar surface area (TPSA) is 79.9 Å². The summed E-state index contributed by atoms with van der Waals surface area (Å²) in [6.07, 6.45) is 4.31. The molecule has 1 fully saturated rings. The van der Waals surface area contributed by atoms with Crippen LogP contribution in [0.5, 0.6) is 0 Å². The molecule has 0 aromatic rings. The summed E-state index contributed by atoms with van der Waals surface area (Å²) in [5, 5.41) is 5.95. The lowest BCUT2D eigenvalue weighted by Gasteiger charge is -2.42. The van der Waals surface area contributed by atoms with Gasteiger partial charge in [-0.25, -0.2) is 4.79 Å². The van der Waals surface area contributed by atoms with E-state index in [1.165, 1.54) is 0 Å². The van der Waals surface area contributed by atoms with E-state index in [2.05, 4.69) is 31.4 Å². The quantitative estimate of drug-likeness (QED) is 0.487. The van der Waals surface area contributed by atoms with Crippen LogP contribution in [0.4, 0.5) is 4.79 Å². The van der Waals surface area contributed by atoms with Gasteiger partial charge in [0.25, 0.3) is 0 Å². The molecule has 26 heavy (non-hydrogen) atoms. The van der Waals surface area contributed by atoms with Crippen molar-refractivity contribution in [3.05, 3.63) is 0 Å². The van der Waals surface area contributed by atoms with Gasteiger partial charge in [-0.15, -0.1) is 0 Å². The fourth-order valence-corrected chi connectivity index (χ4v) is 3.50. The van der Waals surface area contributed by atoms with Crippen molar-refractivity contribution in [1.82, 2.24) is 15.5 Å². The second kappa shape index (κ2) is 10.7. The van der Waals surface area contributed by atoms with Crippen molar-refractivity contribution in [2.45, 2.75) is 70.9 Å². The zero-order chi connectivity index (χ0) is 19.6. The Morgan fingerprint density at radius 1 is 1.15 bits per heavy atom. The molecule has 1 atom stereocenters. The Morgan fingerprint density at radius 2 is 1.88 bits per heavy atom. The maximum atomic E-state index is 12.1. The minimum absolute atomic E-state index is 0.0205. The highest BCUT2D eigenvalue weighted by Crippen LogP contribution is 2.38. The van der Waals surface area contributed by atoms with Crippen LogP contribution in [-0.4, -0.2) is 67.9 Å².